The minimum atomic E-state index is -3.21. The zero-order valence-corrected chi connectivity index (χ0v) is 14.3. The maximum atomic E-state index is 14.3. The van der Waals surface area contributed by atoms with Gasteiger partial charge < -0.3 is 9.67 Å². The van der Waals surface area contributed by atoms with Crippen molar-refractivity contribution in [3.63, 3.8) is 0 Å². The Labute approximate surface area is 164 Å². The Kier molecular flexibility index (Phi) is 5.35. The van der Waals surface area contributed by atoms with Gasteiger partial charge in [0.05, 0.1) is 5.30 Å². The Balaban J connectivity index is 0.00000196. The molecule has 0 amide bonds. The summed E-state index contributed by atoms with van der Waals surface area (Å²) in [5.74, 6) is -0.0193. The number of aromatic nitrogens is 1. The average molecular weight is 353 g/mol. The van der Waals surface area contributed by atoms with Gasteiger partial charge in [0.15, 0.2) is 12.9 Å². The Morgan fingerprint density at radius 3 is 1.88 bits per heavy atom. The summed E-state index contributed by atoms with van der Waals surface area (Å²) in [6, 6.07) is 25.9. The zero-order chi connectivity index (χ0) is 17.3. The number of benzene rings is 3. The molecular weight excluding hydrogens is 336 g/mol. The van der Waals surface area contributed by atoms with Crippen molar-refractivity contribution >= 4 is 52.8 Å². The van der Waals surface area contributed by atoms with Gasteiger partial charge in [-0.2, -0.15) is 0 Å². The van der Waals surface area contributed by atoms with Gasteiger partial charge in [0.2, 0.25) is 0 Å². The summed E-state index contributed by atoms with van der Waals surface area (Å²) < 4.78 is 14.3. The van der Waals surface area contributed by atoms with Crippen molar-refractivity contribution in [3.05, 3.63) is 91.1 Å². The molecule has 5 heteroatoms. The number of hydrogen-bond acceptors (Lipinski definition) is 3. The maximum absolute atomic E-state index is 14.3. The molecule has 26 heavy (non-hydrogen) atoms. The summed E-state index contributed by atoms with van der Waals surface area (Å²) in [5.41, 5.74) is 0.465. The van der Waals surface area contributed by atoms with Crippen molar-refractivity contribution in [3.8, 4) is 5.75 Å². The van der Waals surface area contributed by atoms with Gasteiger partial charge in [-0.05, 0) is 12.1 Å². The number of rotatable bonds is 3. The molecule has 4 rings (SSSR count). The molecule has 0 unspecified atom stereocenters. The Morgan fingerprint density at radius 1 is 0.731 bits per heavy atom. The van der Waals surface area contributed by atoms with Gasteiger partial charge in [0.25, 0.3) is 0 Å². The van der Waals surface area contributed by atoms with E-state index in [2.05, 4.69) is 4.98 Å². The van der Waals surface area contributed by atoms with Crippen molar-refractivity contribution in [2.45, 2.75) is 0 Å². The van der Waals surface area contributed by atoms with Crippen molar-refractivity contribution in [2.75, 3.05) is 0 Å². The number of nitrogens with zero attached hydrogens (tertiary/aromatic N) is 1. The molecule has 0 atom stereocenters. The third-order valence-corrected chi connectivity index (χ3v) is 7.40. The molecule has 0 aliphatic heterocycles. The van der Waals surface area contributed by atoms with Gasteiger partial charge in [0.1, 0.15) is 5.52 Å². The summed E-state index contributed by atoms with van der Waals surface area (Å²) in [6.45, 7) is 0. The number of phenols is 1. The third-order valence-electron chi connectivity index (χ3n) is 4.31. The second-order valence-electron chi connectivity index (χ2n) is 5.79. The number of pyridine rings is 1. The molecule has 0 fully saturated rings. The fraction of sp³-hybridized carbons (Fsp3) is 0. The SMILES string of the molecule is O=P(c1ccccc1)(c1ccccc1)c1ccc2cccnc2c1O.[LiH]. The van der Waals surface area contributed by atoms with E-state index in [4.69, 9.17) is 0 Å². The number of aromatic hydroxyl groups is 1. The predicted molar refractivity (Wildman–Crippen MR) is 110 cm³/mol. The van der Waals surface area contributed by atoms with Gasteiger partial charge in [0, 0.05) is 22.2 Å². The van der Waals surface area contributed by atoms with Crippen LogP contribution in [0.1, 0.15) is 0 Å². The monoisotopic (exact) mass is 353 g/mol. The van der Waals surface area contributed by atoms with Gasteiger partial charge >= 0.3 is 18.9 Å². The molecule has 0 radical (unpaired) electrons. The Morgan fingerprint density at radius 2 is 1.31 bits per heavy atom. The zero-order valence-electron chi connectivity index (χ0n) is 13.4. The van der Waals surface area contributed by atoms with Crippen LogP contribution < -0.4 is 15.9 Å². The number of hydrogen-bond donors (Lipinski definition) is 1. The third kappa shape index (κ3) is 3.00. The van der Waals surface area contributed by atoms with E-state index in [1.807, 2.05) is 78.9 Å². The predicted octanol–water partition coefficient (Wildman–Crippen LogP) is 2.93. The van der Waals surface area contributed by atoms with Crippen LogP contribution in [0.2, 0.25) is 0 Å². The Hall–Kier alpha value is -2.30. The van der Waals surface area contributed by atoms with Gasteiger partial charge in [-0.15, -0.1) is 0 Å². The van der Waals surface area contributed by atoms with Crippen LogP contribution in [0.15, 0.2) is 91.1 Å². The van der Waals surface area contributed by atoms with Gasteiger partial charge in [-0.1, -0.05) is 72.8 Å². The van der Waals surface area contributed by atoms with E-state index in [1.165, 1.54) is 0 Å². The van der Waals surface area contributed by atoms with Crippen LogP contribution >= 0.6 is 7.14 Å². The fourth-order valence-electron chi connectivity index (χ4n) is 3.08. The molecular formula is C21H17LiNO2P. The van der Waals surface area contributed by atoms with Crippen LogP contribution in [0, 0.1) is 0 Å². The van der Waals surface area contributed by atoms with Crippen LogP contribution in [-0.4, -0.2) is 29.0 Å². The molecule has 0 aliphatic rings. The van der Waals surface area contributed by atoms with E-state index in [-0.39, 0.29) is 24.6 Å². The first-order chi connectivity index (χ1) is 12.2. The fourth-order valence-corrected chi connectivity index (χ4v) is 5.80. The molecule has 0 spiro atoms. The van der Waals surface area contributed by atoms with Crippen molar-refractivity contribution < 1.29 is 9.67 Å². The van der Waals surface area contributed by atoms with E-state index in [1.54, 1.807) is 12.3 Å². The van der Waals surface area contributed by atoms with E-state index in [0.717, 1.165) is 5.39 Å². The second kappa shape index (κ2) is 7.52. The summed E-state index contributed by atoms with van der Waals surface area (Å²) in [6.07, 6.45) is 1.63. The summed E-state index contributed by atoms with van der Waals surface area (Å²) in [4.78, 5) is 4.27. The molecule has 4 aromatic rings. The van der Waals surface area contributed by atoms with Crippen molar-refractivity contribution in [1.29, 1.82) is 0 Å². The molecule has 0 saturated carbocycles. The van der Waals surface area contributed by atoms with Crippen molar-refractivity contribution in [2.24, 2.45) is 0 Å². The molecule has 3 nitrogen and oxygen atoms in total. The normalized spacial score (nSPS) is 11.1. The standard InChI is InChI=1S/C21H16NO2P.Li.H/c23-21-19(14-13-16-8-7-15-22-20(16)21)25(24,17-9-3-1-4-10-17)18-11-5-2-6-12-18;;/h1-15,23H;;. The van der Waals surface area contributed by atoms with E-state index < -0.39 is 7.14 Å². The second-order valence-corrected chi connectivity index (χ2v) is 8.52. The number of phenolic OH excluding ortho intramolecular Hbond substituents is 1. The minimum absolute atomic E-state index is 0. The quantitative estimate of drug-likeness (QED) is 0.455. The van der Waals surface area contributed by atoms with Crippen LogP contribution in [0.5, 0.6) is 5.75 Å². The first kappa shape index (κ1) is 18.5. The summed E-state index contributed by atoms with van der Waals surface area (Å²) >= 11 is 0. The molecule has 0 saturated heterocycles. The van der Waals surface area contributed by atoms with Gasteiger partial charge in [-0.3, -0.25) is 4.98 Å². The Bertz CT molecular complexity index is 1040. The van der Waals surface area contributed by atoms with Gasteiger partial charge in [-0.25, -0.2) is 0 Å². The summed E-state index contributed by atoms with van der Waals surface area (Å²) in [7, 11) is -3.21. The van der Waals surface area contributed by atoms with E-state index in [0.29, 0.717) is 21.4 Å². The molecule has 0 bridgehead atoms. The molecule has 3 aromatic carbocycles. The molecule has 1 aromatic heterocycles. The molecule has 1 heterocycles. The van der Waals surface area contributed by atoms with Crippen LogP contribution in [0.25, 0.3) is 10.9 Å². The summed E-state index contributed by atoms with van der Waals surface area (Å²) in [5, 5.41) is 13.5. The van der Waals surface area contributed by atoms with E-state index in [9.17, 15) is 9.67 Å². The van der Waals surface area contributed by atoms with Crippen LogP contribution in [0.3, 0.4) is 0 Å². The molecule has 1 N–H and O–H groups in total. The first-order valence-corrected chi connectivity index (χ1v) is 9.70. The van der Waals surface area contributed by atoms with Crippen molar-refractivity contribution in [1.82, 2.24) is 4.98 Å². The first-order valence-electron chi connectivity index (χ1n) is 8.00. The molecule has 124 valence electrons. The topological polar surface area (TPSA) is 50.2 Å². The van der Waals surface area contributed by atoms with Crippen LogP contribution in [-0.2, 0) is 4.57 Å². The van der Waals surface area contributed by atoms with E-state index >= 15 is 0 Å². The molecule has 0 aliphatic carbocycles. The average Bonchev–Trinajstić information content (AvgIpc) is 2.69. The van der Waals surface area contributed by atoms with Crippen LogP contribution in [0.4, 0.5) is 0 Å². The number of fused-ring (bicyclic) bond motifs is 1.